The van der Waals surface area contributed by atoms with E-state index >= 15 is 0 Å². The second-order valence-electron chi connectivity index (χ2n) is 10.1. The van der Waals surface area contributed by atoms with E-state index in [1.165, 1.54) is 4.90 Å². The third kappa shape index (κ3) is 5.24. The summed E-state index contributed by atoms with van der Waals surface area (Å²) in [6.07, 6.45) is 0. The van der Waals surface area contributed by atoms with E-state index in [9.17, 15) is 14.7 Å². The number of carbonyl (C=O) groups is 2. The van der Waals surface area contributed by atoms with Crippen LogP contribution in [0.1, 0.15) is 56.0 Å². The van der Waals surface area contributed by atoms with Gasteiger partial charge in [-0.15, -0.1) is 0 Å². The highest BCUT2D eigenvalue weighted by molar-refractivity contribution is 6.46. The number of Topliss-reactive ketones (excluding diaryl/α,β-unsaturated/α-hetero) is 1. The molecule has 3 aromatic rings. The van der Waals surface area contributed by atoms with Crippen LogP contribution in [-0.2, 0) is 21.5 Å². The topological polar surface area (TPSA) is 76.1 Å². The highest BCUT2D eigenvalue weighted by Gasteiger charge is 2.46. The first-order valence-electron chi connectivity index (χ1n) is 12.4. The summed E-state index contributed by atoms with van der Waals surface area (Å²) in [5.41, 5.74) is 2.77. The molecule has 1 atom stereocenters. The van der Waals surface area contributed by atoms with Gasteiger partial charge < -0.3 is 19.5 Å². The van der Waals surface area contributed by atoms with Crippen molar-refractivity contribution in [2.45, 2.75) is 45.7 Å². The van der Waals surface area contributed by atoms with Crippen molar-refractivity contribution in [3.05, 3.63) is 101 Å². The molecule has 0 saturated carbocycles. The molecule has 1 saturated heterocycles. The lowest BCUT2D eigenvalue weighted by molar-refractivity contribution is -0.140. The van der Waals surface area contributed by atoms with Crippen LogP contribution in [0, 0.1) is 0 Å². The standard InChI is InChI=1S/C31H33NO5/c1-6-37-23-15-12-20(13-16-23)19-32-27(21-10-8-7-9-11-21)26(29(34)30(32)35)28(33)22-14-17-25(36-5)24(18-22)31(2,3)4/h7-18,27,33H,6,19H2,1-5H3/b28-26-. The fraction of sp³-hybridized carbons (Fsp3) is 0.290. The van der Waals surface area contributed by atoms with Crippen LogP contribution >= 0.6 is 0 Å². The zero-order valence-corrected chi connectivity index (χ0v) is 21.9. The zero-order chi connectivity index (χ0) is 26.7. The first-order chi connectivity index (χ1) is 17.7. The summed E-state index contributed by atoms with van der Waals surface area (Å²) in [4.78, 5) is 28.2. The summed E-state index contributed by atoms with van der Waals surface area (Å²) in [5, 5.41) is 11.5. The van der Waals surface area contributed by atoms with Gasteiger partial charge in [-0.2, -0.15) is 0 Å². The number of rotatable bonds is 7. The average molecular weight is 500 g/mol. The molecule has 1 aliphatic rings. The van der Waals surface area contributed by atoms with Crippen molar-refractivity contribution in [3.8, 4) is 11.5 Å². The predicted molar refractivity (Wildman–Crippen MR) is 144 cm³/mol. The van der Waals surface area contributed by atoms with Crippen molar-refractivity contribution < 1.29 is 24.2 Å². The van der Waals surface area contributed by atoms with Crippen LogP contribution in [0.25, 0.3) is 5.76 Å². The summed E-state index contributed by atoms with van der Waals surface area (Å²) >= 11 is 0. The number of nitrogens with zero attached hydrogens (tertiary/aromatic N) is 1. The summed E-state index contributed by atoms with van der Waals surface area (Å²) in [6, 6.07) is 21.4. The summed E-state index contributed by atoms with van der Waals surface area (Å²) in [6.45, 7) is 8.84. The number of ether oxygens (including phenoxy) is 2. The molecule has 1 N–H and O–H groups in total. The van der Waals surface area contributed by atoms with E-state index in [1.807, 2.05) is 67.6 Å². The van der Waals surface area contributed by atoms with Crippen molar-refractivity contribution in [2.24, 2.45) is 0 Å². The number of hydrogen-bond acceptors (Lipinski definition) is 5. The van der Waals surface area contributed by atoms with Gasteiger partial charge in [-0.3, -0.25) is 9.59 Å². The van der Waals surface area contributed by atoms with Crippen LogP contribution in [0.4, 0.5) is 0 Å². The molecule has 0 aromatic heterocycles. The van der Waals surface area contributed by atoms with E-state index in [1.54, 1.807) is 19.2 Å². The Balaban J connectivity index is 1.82. The lowest BCUT2D eigenvalue weighted by Gasteiger charge is -2.26. The van der Waals surface area contributed by atoms with Gasteiger partial charge >= 0.3 is 0 Å². The van der Waals surface area contributed by atoms with Crippen LogP contribution in [0.15, 0.2) is 78.4 Å². The van der Waals surface area contributed by atoms with Gasteiger partial charge in [0.05, 0.1) is 25.3 Å². The molecule has 0 aliphatic carbocycles. The fourth-order valence-electron chi connectivity index (χ4n) is 4.68. The van der Waals surface area contributed by atoms with Crippen molar-refractivity contribution in [2.75, 3.05) is 13.7 Å². The Morgan fingerprint density at radius 3 is 2.24 bits per heavy atom. The number of aliphatic hydroxyl groups is 1. The molecule has 37 heavy (non-hydrogen) atoms. The Hall–Kier alpha value is -4.06. The Morgan fingerprint density at radius 1 is 0.973 bits per heavy atom. The van der Waals surface area contributed by atoms with Crippen LogP contribution in [-0.4, -0.2) is 35.4 Å². The lowest BCUT2D eigenvalue weighted by atomic mass is 9.84. The Kier molecular flexibility index (Phi) is 7.39. The number of carbonyl (C=O) groups excluding carboxylic acids is 2. The average Bonchev–Trinajstić information content (AvgIpc) is 3.14. The monoisotopic (exact) mass is 499 g/mol. The first-order valence-corrected chi connectivity index (χ1v) is 12.4. The number of methoxy groups -OCH3 is 1. The Bertz CT molecular complexity index is 1320. The number of aliphatic hydroxyl groups excluding tert-OH is 1. The summed E-state index contributed by atoms with van der Waals surface area (Å²) in [5.74, 6) is -0.115. The van der Waals surface area contributed by atoms with Gasteiger partial charge in [-0.05, 0) is 53.8 Å². The normalized spacial score (nSPS) is 17.2. The summed E-state index contributed by atoms with van der Waals surface area (Å²) in [7, 11) is 1.60. The molecular formula is C31H33NO5. The molecule has 0 spiro atoms. The van der Waals surface area contributed by atoms with Crippen molar-refractivity contribution >= 4 is 17.4 Å². The minimum atomic E-state index is -0.729. The molecule has 1 unspecified atom stereocenters. The second-order valence-corrected chi connectivity index (χ2v) is 10.1. The van der Waals surface area contributed by atoms with E-state index in [2.05, 4.69) is 20.8 Å². The largest absolute Gasteiger partial charge is 0.507 e. The van der Waals surface area contributed by atoms with Gasteiger partial charge in [-0.1, -0.05) is 63.2 Å². The molecule has 0 radical (unpaired) electrons. The summed E-state index contributed by atoms with van der Waals surface area (Å²) < 4.78 is 11.1. The van der Waals surface area contributed by atoms with Crippen molar-refractivity contribution in [3.63, 3.8) is 0 Å². The van der Waals surface area contributed by atoms with Gasteiger partial charge in [0.1, 0.15) is 17.3 Å². The number of likely N-dealkylation sites (tertiary alicyclic amines) is 1. The van der Waals surface area contributed by atoms with Gasteiger partial charge in [0, 0.05) is 17.7 Å². The highest BCUT2D eigenvalue weighted by Crippen LogP contribution is 2.41. The number of ketones is 1. The molecule has 1 aliphatic heterocycles. The van der Waals surface area contributed by atoms with E-state index in [0.29, 0.717) is 17.9 Å². The Labute approximate surface area is 218 Å². The van der Waals surface area contributed by atoms with Gasteiger partial charge in [0.25, 0.3) is 11.7 Å². The van der Waals surface area contributed by atoms with Gasteiger partial charge in [-0.25, -0.2) is 0 Å². The number of amides is 1. The molecule has 1 heterocycles. The predicted octanol–water partition coefficient (Wildman–Crippen LogP) is 6.01. The molecule has 4 rings (SSSR count). The quantitative estimate of drug-likeness (QED) is 0.245. The molecule has 6 nitrogen and oxygen atoms in total. The van der Waals surface area contributed by atoms with Crippen molar-refractivity contribution in [1.82, 2.24) is 4.90 Å². The second kappa shape index (κ2) is 10.5. The zero-order valence-electron chi connectivity index (χ0n) is 21.9. The maximum absolute atomic E-state index is 13.4. The smallest absolute Gasteiger partial charge is 0.295 e. The molecule has 1 amide bonds. The van der Waals surface area contributed by atoms with Gasteiger partial charge in [0.2, 0.25) is 0 Å². The van der Waals surface area contributed by atoms with Crippen LogP contribution < -0.4 is 9.47 Å². The van der Waals surface area contributed by atoms with Crippen LogP contribution in [0.2, 0.25) is 0 Å². The van der Waals surface area contributed by atoms with E-state index in [0.717, 1.165) is 22.4 Å². The minimum Gasteiger partial charge on any atom is -0.507 e. The third-order valence-corrected chi connectivity index (χ3v) is 6.52. The maximum Gasteiger partial charge on any atom is 0.295 e. The van der Waals surface area contributed by atoms with Crippen LogP contribution in [0.3, 0.4) is 0 Å². The van der Waals surface area contributed by atoms with E-state index in [-0.39, 0.29) is 23.3 Å². The Morgan fingerprint density at radius 2 is 1.65 bits per heavy atom. The fourth-order valence-corrected chi connectivity index (χ4v) is 4.68. The molecule has 192 valence electrons. The molecule has 1 fully saturated rings. The maximum atomic E-state index is 13.4. The van der Waals surface area contributed by atoms with E-state index < -0.39 is 17.7 Å². The number of benzene rings is 3. The van der Waals surface area contributed by atoms with Gasteiger partial charge in [0.15, 0.2) is 0 Å². The van der Waals surface area contributed by atoms with E-state index in [4.69, 9.17) is 9.47 Å². The molecule has 6 heteroatoms. The first kappa shape index (κ1) is 26.0. The highest BCUT2D eigenvalue weighted by atomic mass is 16.5. The number of hydrogen-bond donors (Lipinski definition) is 1. The SMILES string of the molecule is CCOc1ccc(CN2C(=O)C(=O)/C(=C(\O)c3ccc(OC)c(C(C)(C)C)c3)C2c2ccccc2)cc1. The minimum absolute atomic E-state index is 0.0761. The molecule has 3 aromatic carbocycles. The lowest BCUT2D eigenvalue weighted by Crippen LogP contribution is -2.29. The van der Waals surface area contributed by atoms with Crippen molar-refractivity contribution in [1.29, 1.82) is 0 Å². The van der Waals surface area contributed by atoms with Crippen LogP contribution in [0.5, 0.6) is 11.5 Å². The third-order valence-electron chi connectivity index (χ3n) is 6.52. The molecular weight excluding hydrogens is 466 g/mol. The molecule has 0 bridgehead atoms.